The normalized spacial score (nSPS) is 18.9. The fraction of sp³-hybridized carbons (Fsp3) is 0.579. The van der Waals surface area contributed by atoms with Crippen LogP contribution >= 0.6 is 0 Å². The number of piperazine rings is 1. The predicted octanol–water partition coefficient (Wildman–Crippen LogP) is 2.89. The second kappa shape index (κ2) is 6.73. The minimum absolute atomic E-state index is 0.0797. The summed E-state index contributed by atoms with van der Waals surface area (Å²) >= 11 is 0. The van der Waals surface area contributed by atoms with E-state index in [4.69, 9.17) is 0 Å². The third kappa shape index (κ3) is 3.41. The molecule has 2 amide bonds. The number of rotatable bonds is 3. The average Bonchev–Trinajstić information content (AvgIpc) is 2.53. The molecule has 0 aromatic heterocycles. The first-order valence-electron chi connectivity index (χ1n) is 8.74. The van der Waals surface area contributed by atoms with Crippen molar-refractivity contribution < 1.29 is 9.59 Å². The topological polar surface area (TPSA) is 40.6 Å². The van der Waals surface area contributed by atoms with Crippen molar-refractivity contribution in [3.05, 3.63) is 35.4 Å². The van der Waals surface area contributed by atoms with Gasteiger partial charge in [0.2, 0.25) is 5.91 Å². The van der Waals surface area contributed by atoms with Gasteiger partial charge in [-0.1, -0.05) is 32.4 Å². The van der Waals surface area contributed by atoms with Gasteiger partial charge >= 0.3 is 0 Å². The van der Waals surface area contributed by atoms with E-state index in [1.165, 1.54) is 12.0 Å². The van der Waals surface area contributed by atoms with Crippen LogP contribution in [0.15, 0.2) is 24.3 Å². The highest BCUT2D eigenvalue weighted by Gasteiger charge is 2.32. The highest BCUT2D eigenvalue weighted by molar-refractivity contribution is 5.94. The summed E-state index contributed by atoms with van der Waals surface area (Å²) in [6.07, 6.45) is 3.27. The maximum atomic E-state index is 12.6. The summed E-state index contributed by atoms with van der Waals surface area (Å²) in [5.74, 6) is 1.10. The molecule has 3 rings (SSSR count). The van der Waals surface area contributed by atoms with Crippen molar-refractivity contribution in [2.24, 2.45) is 5.92 Å². The molecule has 0 atom stereocenters. The van der Waals surface area contributed by atoms with Crippen molar-refractivity contribution in [1.29, 1.82) is 0 Å². The summed E-state index contributed by atoms with van der Waals surface area (Å²) in [6.45, 7) is 6.92. The van der Waals surface area contributed by atoms with Crippen LogP contribution in [-0.4, -0.2) is 47.8 Å². The zero-order valence-corrected chi connectivity index (χ0v) is 14.1. The van der Waals surface area contributed by atoms with Crippen LogP contribution < -0.4 is 0 Å². The van der Waals surface area contributed by atoms with Gasteiger partial charge in [0.25, 0.3) is 5.91 Å². The molecule has 1 aromatic rings. The Bertz CT molecular complexity index is 568. The first-order valence-corrected chi connectivity index (χ1v) is 8.74. The van der Waals surface area contributed by atoms with Crippen molar-refractivity contribution in [1.82, 2.24) is 9.80 Å². The lowest BCUT2D eigenvalue weighted by atomic mass is 9.84. The van der Waals surface area contributed by atoms with E-state index in [0.29, 0.717) is 38.0 Å². The Balaban J connectivity index is 1.56. The lowest BCUT2D eigenvalue weighted by Gasteiger charge is -2.38. The fourth-order valence-corrected chi connectivity index (χ4v) is 3.24. The smallest absolute Gasteiger partial charge is 0.253 e. The molecule has 4 nitrogen and oxygen atoms in total. The number of nitrogens with zero attached hydrogens (tertiary/aromatic N) is 2. The number of hydrogen-bond acceptors (Lipinski definition) is 2. The highest BCUT2D eigenvalue weighted by atomic mass is 16.2. The molecule has 1 saturated heterocycles. The van der Waals surface area contributed by atoms with Crippen LogP contribution in [-0.2, 0) is 4.79 Å². The third-order valence-corrected chi connectivity index (χ3v) is 5.16. The van der Waals surface area contributed by atoms with Crippen LogP contribution in [0.25, 0.3) is 0 Å². The first kappa shape index (κ1) is 16.0. The van der Waals surface area contributed by atoms with E-state index in [1.807, 2.05) is 34.1 Å². The Labute approximate surface area is 138 Å². The quantitative estimate of drug-likeness (QED) is 0.861. The standard InChI is InChI=1S/C19H26N2O2/c1-14(2)15-6-8-17(9-7-15)19(23)21-12-10-20(11-13-21)18(22)16-4-3-5-16/h6-9,14,16H,3-5,10-13H2,1-2H3. The van der Waals surface area contributed by atoms with E-state index in [0.717, 1.165) is 18.4 Å². The molecule has 1 heterocycles. The fourth-order valence-electron chi connectivity index (χ4n) is 3.24. The van der Waals surface area contributed by atoms with Gasteiger partial charge in [0.05, 0.1) is 0 Å². The zero-order valence-electron chi connectivity index (χ0n) is 14.1. The number of carbonyl (C=O) groups is 2. The molecule has 0 bridgehead atoms. The van der Waals surface area contributed by atoms with Crippen LogP contribution in [0.1, 0.15) is 54.9 Å². The van der Waals surface area contributed by atoms with Gasteiger partial charge < -0.3 is 9.80 Å². The second-order valence-electron chi connectivity index (χ2n) is 7.02. The summed E-state index contributed by atoms with van der Waals surface area (Å²) in [5.41, 5.74) is 1.99. The first-order chi connectivity index (χ1) is 11.1. The second-order valence-corrected chi connectivity index (χ2v) is 7.02. The van der Waals surface area contributed by atoms with Crippen molar-refractivity contribution in [2.45, 2.75) is 39.0 Å². The van der Waals surface area contributed by atoms with Crippen LogP contribution in [0.2, 0.25) is 0 Å². The zero-order chi connectivity index (χ0) is 16.4. The van der Waals surface area contributed by atoms with Gasteiger partial charge in [-0.2, -0.15) is 0 Å². The van der Waals surface area contributed by atoms with E-state index >= 15 is 0 Å². The summed E-state index contributed by atoms with van der Waals surface area (Å²) in [7, 11) is 0. The van der Waals surface area contributed by atoms with Crippen molar-refractivity contribution in [2.75, 3.05) is 26.2 Å². The molecule has 2 aliphatic rings. The van der Waals surface area contributed by atoms with E-state index in [2.05, 4.69) is 13.8 Å². The van der Waals surface area contributed by atoms with Crippen LogP contribution in [0, 0.1) is 5.92 Å². The van der Waals surface area contributed by atoms with Gasteiger partial charge in [-0.15, -0.1) is 0 Å². The Morgan fingerprint density at radius 3 is 2.00 bits per heavy atom. The molecular formula is C19H26N2O2. The molecular weight excluding hydrogens is 288 g/mol. The predicted molar refractivity (Wildman–Crippen MR) is 90.4 cm³/mol. The molecule has 1 saturated carbocycles. The largest absolute Gasteiger partial charge is 0.339 e. The van der Waals surface area contributed by atoms with Crippen molar-refractivity contribution in [3.63, 3.8) is 0 Å². The summed E-state index contributed by atoms with van der Waals surface area (Å²) < 4.78 is 0. The van der Waals surface area contributed by atoms with E-state index in [-0.39, 0.29) is 11.8 Å². The molecule has 124 valence electrons. The third-order valence-electron chi connectivity index (χ3n) is 5.16. The monoisotopic (exact) mass is 314 g/mol. The molecule has 23 heavy (non-hydrogen) atoms. The number of amides is 2. The Hall–Kier alpha value is -1.84. The number of benzene rings is 1. The molecule has 0 spiro atoms. The highest BCUT2D eigenvalue weighted by Crippen LogP contribution is 2.28. The Morgan fingerprint density at radius 2 is 1.52 bits per heavy atom. The molecule has 2 fully saturated rings. The molecule has 0 N–H and O–H groups in total. The van der Waals surface area contributed by atoms with Crippen LogP contribution in [0.3, 0.4) is 0 Å². The van der Waals surface area contributed by atoms with Gasteiger partial charge in [0, 0.05) is 37.7 Å². The molecule has 0 radical (unpaired) electrons. The van der Waals surface area contributed by atoms with Crippen molar-refractivity contribution >= 4 is 11.8 Å². The Kier molecular flexibility index (Phi) is 4.69. The summed E-state index contributed by atoms with van der Waals surface area (Å²) in [4.78, 5) is 28.6. The van der Waals surface area contributed by atoms with Gasteiger partial charge in [-0.3, -0.25) is 9.59 Å². The van der Waals surface area contributed by atoms with E-state index < -0.39 is 0 Å². The van der Waals surface area contributed by atoms with Gasteiger partial charge in [0.15, 0.2) is 0 Å². The van der Waals surface area contributed by atoms with E-state index in [1.54, 1.807) is 0 Å². The SMILES string of the molecule is CC(C)c1ccc(C(=O)N2CCN(C(=O)C3CCC3)CC2)cc1. The lowest BCUT2D eigenvalue weighted by Crippen LogP contribution is -2.52. The van der Waals surface area contributed by atoms with E-state index in [9.17, 15) is 9.59 Å². The Morgan fingerprint density at radius 1 is 0.957 bits per heavy atom. The average molecular weight is 314 g/mol. The maximum Gasteiger partial charge on any atom is 0.253 e. The maximum absolute atomic E-state index is 12.6. The van der Waals surface area contributed by atoms with Crippen molar-refractivity contribution in [3.8, 4) is 0 Å². The van der Waals surface area contributed by atoms with Gasteiger partial charge in [-0.05, 0) is 36.5 Å². The van der Waals surface area contributed by atoms with Crippen LogP contribution in [0.4, 0.5) is 0 Å². The molecule has 1 aliphatic carbocycles. The van der Waals surface area contributed by atoms with Gasteiger partial charge in [-0.25, -0.2) is 0 Å². The molecule has 1 aromatic carbocycles. The minimum Gasteiger partial charge on any atom is -0.339 e. The summed E-state index contributed by atoms with van der Waals surface area (Å²) in [5, 5.41) is 0. The summed E-state index contributed by atoms with van der Waals surface area (Å²) in [6, 6.07) is 7.91. The number of carbonyl (C=O) groups excluding carboxylic acids is 2. The molecule has 1 aliphatic heterocycles. The van der Waals surface area contributed by atoms with Gasteiger partial charge in [0.1, 0.15) is 0 Å². The lowest BCUT2D eigenvalue weighted by molar-refractivity contribution is -0.139. The van der Waals surface area contributed by atoms with Crippen LogP contribution in [0.5, 0.6) is 0 Å². The molecule has 4 heteroatoms. The number of hydrogen-bond donors (Lipinski definition) is 0. The molecule has 0 unspecified atom stereocenters. The minimum atomic E-state index is 0.0797.